The second-order valence-electron chi connectivity index (χ2n) is 3.73. The van der Waals surface area contributed by atoms with Crippen LogP contribution in [-0.4, -0.2) is 21.5 Å². The summed E-state index contributed by atoms with van der Waals surface area (Å²) in [6, 6.07) is 1.98. The average molecular weight is 216 g/mol. The zero-order chi connectivity index (χ0) is 11.4. The summed E-state index contributed by atoms with van der Waals surface area (Å²) in [5.41, 5.74) is 3.35. The van der Waals surface area contributed by atoms with Gasteiger partial charge in [0.05, 0.1) is 0 Å². The third-order valence-electron chi connectivity index (χ3n) is 2.47. The Morgan fingerprint density at radius 2 is 2.25 bits per heavy atom. The Hall–Kier alpha value is -1.68. The number of imidazole rings is 1. The third-order valence-corrected chi connectivity index (χ3v) is 2.47. The van der Waals surface area contributed by atoms with Crippen LogP contribution in [-0.2, 0) is 6.54 Å². The number of aromatic nitrogens is 3. The molecule has 2 rings (SSSR count). The van der Waals surface area contributed by atoms with E-state index in [0.29, 0.717) is 0 Å². The molecule has 2 aromatic rings. The first-order valence-corrected chi connectivity index (χ1v) is 5.47. The van der Waals surface area contributed by atoms with Crippen molar-refractivity contribution < 1.29 is 0 Å². The minimum absolute atomic E-state index is 0.827. The molecule has 2 heterocycles. The van der Waals surface area contributed by atoms with E-state index in [2.05, 4.69) is 27.2 Å². The number of aryl methyl sites for hydroxylation is 1. The highest BCUT2D eigenvalue weighted by Crippen LogP contribution is 2.18. The number of nitrogens with zero attached hydrogens (tertiary/aromatic N) is 2. The van der Waals surface area contributed by atoms with Gasteiger partial charge < -0.3 is 10.3 Å². The molecule has 0 aromatic carbocycles. The van der Waals surface area contributed by atoms with Gasteiger partial charge in [-0.05, 0) is 25.1 Å². The summed E-state index contributed by atoms with van der Waals surface area (Å²) in [6.07, 6.45) is 5.51. The minimum Gasteiger partial charge on any atom is -0.341 e. The van der Waals surface area contributed by atoms with E-state index in [1.54, 1.807) is 6.20 Å². The van der Waals surface area contributed by atoms with E-state index in [1.165, 1.54) is 0 Å². The van der Waals surface area contributed by atoms with E-state index >= 15 is 0 Å². The quantitative estimate of drug-likeness (QED) is 0.820. The maximum Gasteiger partial charge on any atom is 0.137 e. The fourth-order valence-electron chi connectivity index (χ4n) is 1.58. The SMILES string of the molecule is CCNCc1cnc(-c2ccncc2C)[nH]1. The lowest BCUT2D eigenvalue weighted by Gasteiger charge is -2.01. The first-order chi connectivity index (χ1) is 7.81. The smallest absolute Gasteiger partial charge is 0.137 e. The molecule has 0 unspecified atom stereocenters. The first kappa shape index (κ1) is 10.8. The van der Waals surface area contributed by atoms with Crippen molar-refractivity contribution in [2.45, 2.75) is 20.4 Å². The molecule has 0 radical (unpaired) electrons. The molecule has 0 aliphatic heterocycles. The fraction of sp³-hybridized carbons (Fsp3) is 0.333. The van der Waals surface area contributed by atoms with Gasteiger partial charge in [0.15, 0.2) is 0 Å². The standard InChI is InChI=1S/C12H16N4/c1-3-13-7-10-8-15-12(16-10)11-4-5-14-6-9(11)2/h4-6,8,13H,3,7H2,1-2H3,(H,15,16). The Bertz CT molecular complexity index is 462. The predicted molar refractivity (Wildman–Crippen MR) is 63.9 cm³/mol. The summed E-state index contributed by atoms with van der Waals surface area (Å²) in [4.78, 5) is 11.8. The van der Waals surface area contributed by atoms with E-state index in [-0.39, 0.29) is 0 Å². The van der Waals surface area contributed by atoms with Crippen LogP contribution in [0.5, 0.6) is 0 Å². The lowest BCUT2D eigenvalue weighted by Crippen LogP contribution is -2.11. The number of pyridine rings is 1. The Labute approximate surface area is 95.1 Å². The zero-order valence-electron chi connectivity index (χ0n) is 9.62. The highest BCUT2D eigenvalue weighted by Gasteiger charge is 2.05. The molecule has 16 heavy (non-hydrogen) atoms. The van der Waals surface area contributed by atoms with Gasteiger partial charge in [0.25, 0.3) is 0 Å². The van der Waals surface area contributed by atoms with Crippen LogP contribution < -0.4 is 5.32 Å². The molecule has 4 heteroatoms. The van der Waals surface area contributed by atoms with Crippen LogP contribution in [0.15, 0.2) is 24.7 Å². The topological polar surface area (TPSA) is 53.6 Å². The molecule has 0 aliphatic carbocycles. The van der Waals surface area contributed by atoms with Crippen LogP contribution in [0.3, 0.4) is 0 Å². The molecule has 84 valence electrons. The van der Waals surface area contributed by atoms with Gasteiger partial charge >= 0.3 is 0 Å². The summed E-state index contributed by atoms with van der Waals surface area (Å²) in [6.45, 7) is 5.91. The van der Waals surface area contributed by atoms with Gasteiger partial charge in [-0.25, -0.2) is 4.98 Å². The van der Waals surface area contributed by atoms with Crippen LogP contribution in [0.2, 0.25) is 0 Å². The fourth-order valence-corrected chi connectivity index (χ4v) is 1.58. The van der Waals surface area contributed by atoms with Crippen LogP contribution in [0.25, 0.3) is 11.4 Å². The highest BCUT2D eigenvalue weighted by molar-refractivity contribution is 5.58. The molecule has 0 fully saturated rings. The minimum atomic E-state index is 0.827. The Balaban J connectivity index is 2.22. The van der Waals surface area contributed by atoms with Crippen LogP contribution in [0.4, 0.5) is 0 Å². The number of H-pyrrole nitrogens is 1. The number of rotatable bonds is 4. The van der Waals surface area contributed by atoms with Gasteiger partial charge in [-0.3, -0.25) is 4.98 Å². The van der Waals surface area contributed by atoms with E-state index in [9.17, 15) is 0 Å². The van der Waals surface area contributed by atoms with Crippen molar-refractivity contribution in [1.29, 1.82) is 0 Å². The van der Waals surface area contributed by atoms with Gasteiger partial charge in [-0.15, -0.1) is 0 Å². The van der Waals surface area contributed by atoms with Crippen LogP contribution >= 0.6 is 0 Å². The van der Waals surface area contributed by atoms with Crippen LogP contribution in [0, 0.1) is 6.92 Å². The van der Waals surface area contributed by atoms with E-state index < -0.39 is 0 Å². The Morgan fingerprint density at radius 1 is 1.38 bits per heavy atom. The van der Waals surface area contributed by atoms with E-state index in [1.807, 2.05) is 25.4 Å². The monoisotopic (exact) mass is 216 g/mol. The lowest BCUT2D eigenvalue weighted by atomic mass is 10.1. The molecule has 0 saturated carbocycles. The molecule has 0 atom stereocenters. The first-order valence-electron chi connectivity index (χ1n) is 5.47. The zero-order valence-corrected chi connectivity index (χ0v) is 9.62. The molecule has 2 aromatic heterocycles. The van der Waals surface area contributed by atoms with Gasteiger partial charge in [-0.2, -0.15) is 0 Å². The summed E-state index contributed by atoms with van der Waals surface area (Å²) in [5, 5.41) is 3.26. The summed E-state index contributed by atoms with van der Waals surface area (Å²) >= 11 is 0. The lowest BCUT2D eigenvalue weighted by molar-refractivity contribution is 0.714. The second-order valence-corrected chi connectivity index (χ2v) is 3.73. The van der Waals surface area contributed by atoms with E-state index in [0.717, 1.165) is 35.7 Å². The van der Waals surface area contributed by atoms with Gasteiger partial charge in [-0.1, -0.05) is 6.92 Å². The molecule has 0 aliphatic rings. The predicted octanol–water partition coefficient (Wildman–Crippen LogP) is 1.89. The molecule has 0 spiro atoms. The number of hydrogen-bond acceptors (Lipinski definition) is 3. The average Bonchev–Trinajstić information content (AvgIpc) is 2.75. The molecule has 4 nitrogen and oxygen atoms in total. The van der Waals surface area contributed by atoms with Crippen molar-refractivity contribution in [3.05, 3.63) is 35.9 Å². The molecular formula is C12H16N4. The molecule has 0 amide bonds. The Kier molecular flexibility index (Phi) is 3.31. The summed E-state index contributed by atoms with van der Waals surface area (Å²) in [7, 11) is 0. The largest absolute Gasteiger partial charge is 0.341 e. The number of aromatic amines is 1. The van der Waals surface area contributed by atoms with Crippen molar-refractivity contribution in [1.82, 2.24) is 20.3 Å². The summed E-state index contributed by atoms with van der Waals surface area (Å²) in [5.74, 6) is 0.910. The molecule has 2 N–H and O–H groups in total. The van der Waals surface area contributed by atoms with Crippen LogP contribution in [0.1, 0.15) is 18.2 Å². The molecular weight excluding hydrogens is 200 g/mol. The number of nitrogens with one attached hydrogen (secondary N) is 2. The van der Waals surface area contributed by atoms with Gasteiger partial charge in [0.1, 0.15) is 5.82 Å². The third kappa shape index (κ3) is 2.28. The molecule has 0 bridgehead atoms. The summed E-state index contributed by atoms with van der Waals surface area (Å²) < 4.78 is 0. The van der Waals surface area contributed by atoms with E-state index in [4.69, 9.17) is 0 Å². The van der Waals surface area contributed by atoms with Crippen molar-refractivity contribution in [2.75, 3.05) is 6.54 Å². The van der Waals surface area contributed by atoms with Crippen molar-refractivity contribution >= 4 is 0 Å². The highest BCUT2D eigenvalue weighted by atomic mass is 15.0. The van der Waals surface area contributed by atoms with Crippen molar-refractivity contribution in [2.24, 2.45) is 0 Å². The normalized spacial score (nSPS) is 10.6. The van der Waals surface area contributed by atoms with Gasteiger partial charge in [0, 0.05) is 36.4 Å². The maximum absolute atomic E-state index is 4.38. The van der Waals surface area contributed by atoms with Gasteiger partial charge in [0.2, 0.25) is 0 Å². The molecule has 0 saturated heterocycles. The number of hydrogen-bond donors (Lipinski definition) is 2. The Morgan fingerprint density at radius 3 is 3.00 bits per heavy atom. The second kappa shape index (κ2) is 4.90. The maximum atomic E-state index is 4.38. The van der Waals surface area contributed by atoms with Crippen molar-refractivity contribution in [3.8, 4) is 11.4 Å². The van der Waals surface area contributed by atoms with Crippen molar-refractivity contribution in [3.63, 3.8) is 0 Å².